The summed E-state index contributed by atoms with van der Waals surface area (Å²) in [5, 5.41) is 7.26. The van der Waals surface area contributed by atoms with Gasteiger partial charge in [0.2, 0.25) is 10.0 Å². The van der Waals surface area contributed by atoms with E-state index < -0.39 is 10.0 Å². The van der Waals surface area contributed by atoms with Gasteiger partial charge in [-0.05, 0) is 36.6 Å². The molecule has 1 aromatic heterocycles. The minimum Gasteiger partial charge on any atom is -0.367 e. The first-order valence-corrected chi connectivity index (χ1v) is 12.1. The maximum Gasteiger partial charge on any atom is 0.246 e. The molecule has 0 N–H and O–H groups in total. The van der Waals surface area contributed by atoms with Gasteiger partial charge in [-0.1, -0.05) is 30.2 Å². The number of hydrogen-bond donors (Lipinski definition) is 0. The third-order valence-corrected chi connectivity index (χ3v) is 7.70. The first-order valence-electron chi connectivity index (χ1n) is 10.3. The summed E-state index contributed by atoms with van der Waals surface area (Å²) in [6, 6.07) is 9.35. The molecule has 2 aliphatic rings. The van der Waals surface area contributed by atoms with Crippen molar-refractivity contribution in [1.29, 1.82) is 0 Å². The molecule has 0 bridgehead atoms. The van der Waals surface area contributed by atoms with Gasteiger partial charge >= 0.3 is 0 Å². The standard InChI is InChI=1S/C21H26ClN5O2S/c22-19-6-4-18(5-7-19)16-24-26-14-12-25(13-15-26)20-8-9-23-17-21(20)30(28,29)27-10-2-1-3-11-27/h4-9,16-17H,1-3,10-15H2/b24-16+. The zero-order valence-electron chi connectivity index (χ0n) is 16.8. The molecule has 0 aliphatic carbocycles. The third-order valence-electron chi connectivity index (χ3n) is 5.53. The summed E-state index contributed by atoms with van der Waals surface area (Å²) in [6.45, 7) is 4.01. The van der Waals surface area contributed by atoms with Crippen LogP contribution in [0.3, 0.4) is 0 Å². The lowest BCUT2D eigenvalue weighted by Gasteiger charge is -2.36. The minimum atomic E-state index is -3.53. The molecule has 0 amide bonds. The molecule has 30 heavy (non-hydrogen) atoms. The topological polar surface area (TPSA) is 69.1 Å². The van der Waals surface area contributed by atoms with Crippen LogP contribution in [-0.2, 0) is 10.0 Å². The van der Waals surface area contributed by atoms with Crippen LogP contribution in [0.2, 0.25) is 5.02 Å². The molecule has 1 aromatic carbocycles. The van der Waals surface area contributed by atoms with Crippen molar-refractivity contribution in [3.8, 4) is 0 Å². The number of pyridine rings is 1. The second-order valence-corrected chi connectivity index (χ2v) is 9.89. The number of halogens is 1. The summed E-state index contributed by atoms with van der Waals surface area (Å²) < 4.78 is 28.0. The van der Waals surface area contributed by atoms with E-state index in [1.807, 2.05) is 41.6 Å². The number of sulfonamides is 1. The van der Waals surface area contributed by atoms with Crippen molar-refractivity contribution in [3.63, 3.8) is 0 Å². The van der Waals surface area contributed by atoms with Gasteiger partial charge in [-0.2, -0.15) is 9.41 Å². The molecule has 0 radical (unpaired) electrons. The first-order chi connectivity index (χ1) is 14.5. The quantitative estimate of drug-likeness (QED) is 0.659. The number of rotatable bonds is 5. The molecule has 0 unspecified atom stereocenters. The van der Waals surface area contributed by atoms with Crippen molar-refractivity contribution >= 4 is 33.5 Å². The van der Waals surface area contributed by atoms with Crippen LogP contribution in [0.5, 0.6) is 0 Å². The summed E-state index contributed by atoms with van der Waals surface area (Å²) in [5.41, 5.74) is 1.72. The van der Waals surface area contributed by atoms with Crippen LogP contribution in [0, 0.1) is 0 Å². The van der Waals surface area contributed by atoms with E-state index in [0.717, 1.165) is 43.6 Å². The van der Waals surface area contributed by atoms with Gasteiger partial charge in [-0.25, -0.2) is 8.42 Å². The van der Waals surface area contributed by atoms with Gasteiger partial charge in [0.15, 0.2) is 0 Å². The fraction of sp³-hybridized carbons (Fsp3) is 0.429. The Kier molecular flexibility index (Phi) is 6.55. The molecule has 0 spiro atoms. The van der Waals surface area contributed by atoms with E-state index in [1.165, 1.54) is 6.20 Å². The largest absolute Gasteiger partial charge is 0.367 e. The second kappa shape index (κ2) is 9.32. The van der Waals surface area contributed by atoms with Crippen LogP contribution in [0.4, 0.5) is 5.69 Å². The second-order valence-electron chi connectivity index (χ2n) is 7.54. The summed E-state index contributed by atoms with van der Waals surface area (Å²) >= 11 is 5.92. The number of anilines is 1. The number of hydrogen-bond acceptors (Lipinski definition) is 6. The molecule has 0 atom stereocenters. The van der Waals surface area contributed by atoms with Gasteiger partial charge in [-0.3, -0.25) is 9.99 Å². The minimum absolute atomic E-state index is 0.310. The zero-order valence-corrected chi connectivity index (χ0v) is 18.4. The van der Waals surface area contributed by atoms with Crippen molar-refractivity contribution in [2.24, 2.45) is 5.10 Å². The molecule has 2 aliphatic heterocycles. The summed E-state index contributed by atoms with van der Waals surface area (Å²) in [4.78, 5) is 6.54. The van der Waals surface area contributed by atoms with Crippen molar-refractivity contribution in [2.45, 2.75) is 24.2 Å². The van der Waals surface area contributed by atoms with E-state index in [9.17, 15) is 8.42 Å². The maximum atomic E-state index is 13.2. The van der Waals surface area contributed by atoms with E-state index in [0.29, 0.717) is 36.1 Å². The monoisotopic (exact) mass is 447 g/mol. The van der Waals surface area contributed by atoms with Gasteiger partial charge < -0.3 is 4.90 Å². The Balaban J connectivity index is 1.44. The molecule has 0 saturated carbocycles. The zero-order chi connectivity index (χ0) is 21.0. The van der Waals surface area contributed by atoms with E-state index >= 15 is 0 Å². The molecule has 4 rings (SSSR count). The molecule has 9 heteroatoms. The lowest BCUT2D eigenvalue weighted by atomic mass is 10.2. The fourth-order valence-corrected chi connectivity index (χ4v) is 5.62. The number of nitrogens with zero attached hydrogens (tertiary/aromatic N) is 5. The lowest BCUT2D eigenvalue weighted by molar-refractivity contribution is 0.271. The Morgan fingerprint density at radius 3 is 2.33 bits per heavy atom. The lowest BCUT2D eigenvalue weighted by Crippen LogP contribution is -2.45. The molecular weight excluding hydrogens is 422 g/mol. The molecule has 7 nitrogen and oxygen atoms in total. The summed E-state index contributed by atoms with van der Waals surface area (Å²) in [6.07, 6.45) is 7.90. The van der Waals surface area contributed by atoms with Gasteiger partial charge in [-0.15, -0.1) is 0 Å². The van der Waals surface area contributed by atoms with Crippen molar-refractivity contribution < 1.29 is 8.42 Å². The number of hydrazone groups is 1. The molecule has 3 heterocycles. The number of piperidine rings is 1. The highest BCUT2D eigenvalue weighted by Crippen LogP contribution is 2.29. The average Bonchev–Trinajstić information content (AvgIpc) is 2.80. The van der Waals surface area contributed by atoms with Gasteiger partial charge in [0, 0.05) is 43.6 Å². The first kappa shape index (κ1) is 21.1. The van der Waals surface area contributed by atoms with Crippen LogP contribution >= 0.6 is 11.6 Å². The number of piperazine rings is 1. The smallest absolute Gasteiger partial charge is 0.246 e. The predicted octanol–water partition coefficient (Wildman–Crippen LogP) is 3.07. The molecule has 160 valence electrons. The summed E-state index contributed by atoms with van der Waals surface area (Å²) in [5.74, 6) is 0. The number of benzene rings is 1. The molecule has 2 aromatic rings. The average molecular weight is 448 g/mol. The van der Waals surface area contributed by atoms with Crippen molar-refractivity contribution in [2.75, 3.05) is 44.2 Å². The molecule has 2 fully saturated rings. The summed E-state index contributed by atoms with van der Waals surface area (Å²) in [7, 11) is -3.53. The third kappa shape index (κ3) is 4.77. The fourth-order valence-electron chi connectivity index (χ4n) is 3.83. The van der Waals surface area contributed by atoms with Crippen molar-refractivity contribution in [3.05, 3.63) is 53.3 Å². The van der Waals surface area contributed by atoms with Crippen LogP contribution in [0.1, 0.15) is 24.8 Å². The van der Waals surface area contributed by atoms with E-state index in [2.05, 4.69) is 15.0 Å². The predicted molar refractivity (Wildman–Crippen MR) is 120 cm³/mol. The SMILES string of the molecule is O=S(=O)(c1cnccc1N1CCN(/N=C/c2ccc(Cl)cc2)CC1)N1CCCCC1. The van der Waals surface area contributed by atoms with Crippen LogP contribution in [-0.4, -0.2) is 68.2 Å². The van der Waals surface area contributed by atoms with E-state index in [-0.39, 0.29) is 0 Å². The normalized spacial score (nSPS) is 18.8. The molecule has 2 saturated heterocycles. The van der Waals surface area contributed by atoms with E-state index in [1.54, 1.807) is 10.5 Å². The Morgan fingerprint density at radius 2 is 1.63 bits per heavy atom. The maximum absolute atomic E-state index is 13.2. The van der Waals surface area contributed by atoms with Crippen LogP contribution < -0.4 is 4.90 Å². The highest BCUT2D eigenvalue weighted by molar-refractivity contribution is 7.89. The Labute approximate surface area is 183 Å². The van der Waals surface area contributed by atoms with Gasteiger partial charge in [0.05, 0.1) is 25.0 Å². The van der Waals surface area contributed by atoms with Crippen LogP contribution in [0.25, 0.3) is 0 Å². The Hall–Kier alpha value is -2.16. The van der Waals surface area contributed by atoms with Crippen LogP contribution in [0.15, 0.2) is 52.7 Å². The molecular formula is C21H26ClN5O2S. The van der Waals surface area contributed by atoms with E-state index in [4.69, 9.17) is 11.6 Å². The van der Waals surface area contributed by atoms with Crippen molar-refractivity contribution in [1.82, 2.24) is 14.3 Å². The van der Waals surface area contributed by atoms with Gasteiger partial charge in [0.25, 0.3) is 0 Å². The Bertz CT molecular complexity index is 983. The Morgan fingerprint density at radius 1 is 0.933 bits per heavy atom. The highest BCUT2D eigenvalue weighted by atomic mass is 35.5. The van der Waals surface area contributed by atoms with Gasteiger partial charge in [0.1, 0.15) is 4.90 Å². The highest BCUT2D eigenvalue weighted by Gasteiger charge is 2.30. The number of aromatic nitrogens is 1.